The van der Waals surface area contributed by atoms with Gasteiger partial charge >= 0.3 is 5.63 Å². The monoisotopic (exact) mass is 338 g/mol. The zero-order valence-corrected chi connectivity index (χ0v) is 13.0. The molecule has 0 fully saturated rings. The number of amides is 1. The second-order valence-corrected chi connectivity index (χ2v) is 6.08. The molecule has 0 aliphatic rings. The van der Waals surface area contributed by atoms with Crippen molar-refractivity contribution >= 4 is 43.6 Å². The van der Waals surface area contributed by atoms with Crippen LogP contribution in [0.15, 0.2) is 57.7 Å². The number of carbonyl (C=O) groups excluding carboxylic acids is 1. The molecule has 0 saturated heterocycles. The number of aromatic nitrogens is 1. The first-order chi connectivity index (χ1) is 11.6. The molecule has 2 heterocycles. The number of nitrogens with one attached hydrogen (secondary N) is 1. The van der Waals surface area contributed by atoms with E-state index in [4.69, 9.17) is 4.42 Å². The number of fused-ring (bicyclic) bond motifs is 2. The van der Waals surface area contributed by atoms with Crippen molar-refractivity contribution in [3.05, 3.63) is 64.5 Å². The van der Waals surface area contributed by atoms with Gasteiger partial charge in [-0.3, -0.25) is 10.1 Å². The number of anilines is 1. The fourth-order valence-corrected chi connectivity index (χ4v) is 3.28. The van der Waals surface area contributed by atoms with E-state index >= 15 is 0 Å². The lowest BCUT2D eigenvalue weighted by Crippen LogP contribution is -2.21. The van der Waals surface area contributed by atoms with Crippen LogP contribution in [0.3, 0.4) is 0 Å². The molecule has 0 bridgehead atoms. The summed E-state index contributed by atoms with van der Waals surface area (Å²) in [6, 6.07) is 13.9. The highest BCUT2D eigenvalue weighted by Crippen LogP contribution is 2.28. The summed E-state index contributed by atoms with van der Waals surface area (Å²) in [5, 5.41) is 13.5. The predicted octanol–water partition coefficient (Wildman–Crippen LogP) is 3.36. The van der Waals surface area contributed by atoms with Crippen molar-refractivity contribution in [1.82, 2.24) is 4.98 Å². The Balaban J connectivity index is 1.76. The van der Waals surface area contributed by atoms with Gasteiger partial charge in [-0.2, -0.15) is 0 Å². The molecule has 118 valence electrons. The Morgan fingerprint density at radius 1 is 1.12 bits per heavy atom. The van der Waals surface area contributed by atoms with Gasteiger partial charge in [0.15, 0.2) is 10.7 Å². The van der Waals surface area contributed by atoms with Crippen molar-refractivity contribution in [3.8, 4) is 5.75 Å². The van der Waals surface area contributed by atoms with E-state index in [0.717, 1.165) is 10.2 Å². The quantitative estimate of drug-likeness (QED) is 0.547. The number of rotatable bonds is 2. The summed E-state index contributed by atoms with van der Waals surface area (Å²) in [5.74, 6) is -1.16. The summed E-state index contributed by atoms with van der Waals surface area (Å²) in [7, 11) is 0. The molecule has 0 atom stereocenters. The maximum atomic E-state index is 12.4. The summed E-state index contributed by atoms with van der Waals surface area (Å²) in [6.45, 7) is 0. The molecule has 6 nitrogen and oxygen atoms in total. The first kappa shape index (κ1) is 14.4. The number of hydrogen-bond donors (Lipinski definition) is 2. The topological polar surface area (TPSA) is 92.4 Å². The third-order valence-electron chi connectivity index (χ3n) is 3.53. The second kappa shape index (κ2) is 5.47. The Morgan fingerprint density at radius 3 is 2.71 bits per heavy atom. The van der Waals surface area contributed by atoms with Crippen LogP contribution in [-0.2, 0) is 0 Å². The number of hydrogen-bond acceptors (Lipinski definition) is 6. The van der Waals surface area contributed by atoms with Gasteiger partial charge in [-0.05, 0) is 24.3 Å². The number of nitrogens with zero attached hydrogens (tertiary/aromatic N) is 1. The minimum absolute atomic E-state index is 0.219. The smallest absolute Gasteiger partial charge is 0.353 e. The van der Waals surface area contributed by atoms with Crippen molar-refractivity contribution in [2.45, 2.75) is 0 Å². The van der Waals surface area contributed by atoms with Crippen molar-refractivity contribution in [2.75, 3.05) is 5.32 Å². The van der Waals surface area contributed by atoms with Gasteiger partial charge in [0.05, 0.1) is 15.6 Å². The van der Waals surface area contributed by atoms with Gasteiger partial charge in [-0.1, -0.05) is 35.6 Å². The minimum Gasteiger partial charge on any atom is -0.506 e. The summed E-state index contributed by atoms with van der Waals surface area (Å²) in [6.07, 6.45) is 0. The van der Waals surface area contributed by atoms with E-state index in [-0.39, 0.29) is 5.58 Å². The van der Waals surface area contributed by atoms with Crippen LogP contribution in [0.4, 0.5) is 5.13 Å². The molecule has 2 aromatic carbocycles. The molecule has 0 aliphatic heterocycles. The molecule has 4 rings (SSSR count). The molecular formula is C17H10N2O4S. The Bertz CT molecular complexity index is 1110. The van der Waals surface area contributed by atoms with Gasteiger partial charge in [0, 0.05) is 0 Å². The Morgan fingerprint density at radius 2 is 1.88 bits per heavy atom. The number of carbonyl (C=O) groups is 1. The molecule has 4 aromatic rings. The highest BCUT2D eigenvalue weighted by molar-refractivity contribution is 7.22. The van der Waals surface area contributed by atoms with Gasteiger partial charge in [0.2, 0.25) is 0 Å². The molecule has 2 N–H and O–H groups in total. The highest BCUT2D eigenvalue weighted by Gasteiger charge is 2.21. The summed E-state index contributed by atoms with van der Waals surface area (Å²) < 4.78 is 6.00. The van der Waals surface area contributed by atoms with Gasteiger partial charge < -0.3 is 9.52 Å². The van der Waals surface area contributed by atoms with Crippen LogP contribution >= 0.6 is 11.3 Å². The molecule has 2 aromatic heterocycles. The summed E-state index contributed by atoms with van der Waals surface area (Å²) in [5.41, 5.74) is -0.373. The Kier molecular flexibility index (Phi) is 3.28. The largest absolute Gasteiger partial charge is 0.506 e. The van der Waals surface area contributed by atoms with Crippen LogP contribution in [0.2, 0.25) is 0 Å². The van der Waals surface area contributed by atoms with Gasteiger partial charge in [0.1, 0.15) is 11.3 Å². The third-order valence-corrected chi connectivity index (χ3v) is 4.48. The molecule has 0 unspecified atom stereocenters. The van der Waals surface area contributed by atoms with E-state index in [1.165, 1.54) is 11.3 Å². The van der Waals surface area contributed by atoms with E-state index in [9.17, 15) is 14.7 Å². The lowest BCUT2D eigenvalue weighted by molar-refractivity contribution is 0.102. The van der Waals surface area contributed by atoms with Crippen molar-refractivity contribution in [2.24, 2.45) is 0 Å². The van der Waals surface area contributed by atoms with Crippen LogP contribution in [-0.4, -0.2) is 16.0 Å². The molecular weight excluding hydrogens is 328 g/mol. The molecule has 7 heteroatoms. The van der Waals surface area contributed by atoms with E-state index in [1.54, 1.807) is 24.3 Å². The fourth-order valence-electron chi connectivity index (χ4n) is 2.42. The minimum atomic E-state index is -0.898. The van der Waals surface area contributed by atoms with Crippen LogP contribution in [0.1, 0.15) is 10.4 Å². The van der Waals surface area contributed by atoms with E-state index in [2.05, 4.69) is 10.3 Å². The van der Waals surface area contributed by atoms with Crippen molar-refractivity contribution in [3.63, 3.8) is 0 Å². The third kappa shape index (κ3) is 2.31. The highest BCUT2D eigenvalue weighted by atomic mass is 32.1. The first-order valence-corrected chi connectivity index (χ1v) is 7.87. The molecule has 24 heavy (non-hydrogen) atoms. The van der Waals surface area contributed by atoms with Crippen molar-refractivity contribution in [1.29, 1.82) is 0 Å². The normalized spacial score (nSPS) is 11.0. The molecule has 0 saturated carbocycles. The van der Waals surface area contributed by atoms with Gasteiger partial charge in [-0.15, -0.1) is 0 Å². The zero-order chi connectivity index (χ0) is 16.7. The molecule has 0 spiro atoms. The lowest BCUT2D eigenvalue weighted by Gasteiger charge is -2.05. The average Bonchev–Trinajstić information content (AvgIpc) is 2.97. The van der Waals surface area contributed by atoms with Gasteiger partial charge in [-0.25, -0.2) is 9.78 Å². The van der Waals surface area contributed by atoms with Crippen LogP contribution in [0.5, 0.6) is 5.75 Å². The average molecular weight is 338 g/mol. The molecule has 0 radical (unpaired) electrons. The van der Waals surface area contributed by atoms with Gasteiger partial charge in [0.25, 0.3) is 5.91 Å². The van der Waals surface area contributed by atoms with E-state index < -0.39 is 22.8 Å². The zero-order valence-electron chi connectivity index (χ0n) is 12.1. The number of para-hydroxylation sites is 2. The number of aromatic hydroxyl groups is 1. The number of benzene rings is 2. The van der Waals surface area contributed by atoms with Crippen LogP contribution in [0.25, 0.3) is 21.2 Å². The van der Waals surface area contributed by atoms with Crippen LogP contribution in [0, 0.1) is 0 Å². The Labute approximate surface area is 139 Å². The predicted molar refractivity (Wildman–Crippen MR) is 91.7 cm³/mol. The van der Waals surface area contributed by atoms with Crippen molar-refractivity contribution < 1.29 is 14.3 Å². The molecule has 0 aliphatic carbocycles. The standard InChI is InChI=1S/C17H10N2O4S/c20-14-9-5-1-3-7-11(9)23-16(22)13(14)15(21)19-17-18-10-6-2-4-8-12(10)24-17/h1-8,20H,(H,18,19,21). The van der Waals surface area contributed by atoms with E-state index in [1.807, 2.05) is 24.3 Å². The number of thiazole rings is 1. The van der Waals surface area contributed by atoms with E-state index in [0.29, 0.717) is 10.5 Å². The van der Waals surface area contributed by atoms with Crippen LogP contribution < -0.4 is 10.9 Å². The maximum absolute atomic E-state index is 12.4. The summed E-state index contributed by atoms with van der Waals surface area (Å²) >= 11 is 1.28. The molecule has 1 amide bonds. The lowest BCUT2D eigenvalue weighted by atomic mass is 10.1. The summed E-state index contributed by atoms with van der Waals surface area (Å²) in [4.78, 5) is 28.7. The maximum Gasteiger partial charge on any atom is 0.353 e. The fraction of sp³-hybridized carbons (Fsp3) is 0. The second-order valence-electron chi connectivity index (χ2n) is 5.05. The SMILES string of the molecule is O=C(Nc1nc2ccccc2s1)c1c(O)c2ccccc2oc1=O. The Hall–Kier alpha value is -3.19. The first-order valence-electron chi connectivity index (χ1n) is 7.05.